The van der Waals surface area contributed by atoms with E-state index in [9.17, 15) is 9.18 Å². The van der Waals surface area contributed by atoms with Gasteiger partial charge in [-0.15, -0.1) is 0 Å². The Kier molecular flexibility index (Phi) is 3.16. The highest BCUT2D eigenvalue weighted by atomic mass is 35.5. The Hall–Kier alpha value is -2.40. The van der Waals surface area contributed by atoms with Crippen molar-refractivity contribution >= 4 is 28.5 Å². The summed E-state index contributed by atoms with van der Waals surface area (Å²) in [6, 6.07) is 8.66. The first-order valence-electron chi connectivity index (χ1n) is 8.39. The summed E-state index contributed by atoms with van der Waals surface area (Å²) in [4.78, 5) is 19.5. The van der Waals surface area contributed by atoms with E-state index < -0.39 is 5.82 Å². The highest BCUT2D eigenvalue weighted by molar-refractivity contribution is 6.30. The van der Waals surface area contributed by atoms with Crippen LogP contribution in [0.5, 0.6) is 0 Å². The van der Waals surface area contributed by atoms with Crippen molar-refractivity contribution in [2.45, 2.75) is 25.4 Å². The van der Waals surface area contributed by atoms with E-state index in [0.29, 0.717) is 46.5 Å². The van der Waals surface area contributed by atoms with E-state index in [-0.39, 0.29) is 5.91 Å². The topological polar surface area (TPSA) is 38.1 Å². The number of rotatable bonds is 2. The molecule has 0 saturated heterocycles. The molecule has 6 heteroatoms. The highest BCUT2D eigenvalue weighted by Gasteiger charge is 2.39. The second-order valence-corrected chi connectivity index (χ2v) is 7.04. The van der Waals surface area contributed by atoms with Crippen LogP contribution in [-0.2, 0) is 6.54 Å². The Morgan fingerprint density at radius 3 is 2.80 bits per heavy atom. The Balaban J connectivity index is 1.82. The van der Waals surface area contributed by atoms with Gasteiger partial charge in [-0.3, -0.25) is 9.78 Å². The van der Waals surface area contributed by atoms with Gasteiger partial charge in [0.15, 0.2) is 0 Å². The quantitative estimate of drug-likeness (QED) is 0.693. The summed E-state index contributed by atoms with van der Waals surface area (Å²) < 4.78 is 16.6. The van der Waals surface area contributed by atoms with Crippen LogP contribution in [0.4, 0.5) is 4.39 Å². The maximum absolute atomic E-state index is 14.7. The van der Waals surface area contributed by atoms with Gasteiger partial charge in [0.1, 0.15) is 11.5 Å². The minimum atomic E-state index is -0.440. The number of hydrogen-bond donors (Lipinski definition) is 0. The molecule has 25 heavy (non-hydrogen) atoms. The number of carbonyl (C=O) groups is 1. The van der Waals surface area contributed by atoms with E-state index in [4.69, 9.17) is 11.6 Å². The lowest BCUT2D eigenvalue weighted by Gasteiger charge is -2.29. The van der Waals surface area contributed by atoms with E-state index in [0.717, 1.165) is 18.4 Å². The summed E-state index contributed by atoms with van der Waals surface area (Å²) in [6.07, 6.45) is 3.78. The van der Waals surface area contributed by atoms with Gasteiger partial charge in [0.2, 0.25) is 0 Å². The summed E-state index contributed by atoms with van der Waals surface area (Å²) in [5.74, 6) is -0.471. The molecule has 0 spiro atoms. The Morgan fingerprint density at radius 1 is 1.20 bits per heavy atom. The number of nitrogens with zero attached hydrogens (tertiary/aromatic N) is 3. The van der Waals surface area contributed by atoms with Crippen molar-refractivity contribution in [2.24, 2.45) is 0 Å². The first-order valence-corrected chi connectivity index (χ1v) is 8.76. The van der Waals surface area contributed by atoms with Gasteiger partial charge in [0.05, 0.1) is 11.0 Å². The molecule has 1 fully saturated rings. The fourth-order valence-corrected chi connectivity index (χ4v) is 3.92. The highest BCUT2D eigenvalue weighted by Crippen LogP contribution is 2.40. The molecule has 1 aromatic carbocycles. The Morgan fingerprint density at radius 2 is 2.04 bits per heavy atom. The van der Waals surface area contributed by atoms with Crippen LogP contribution in [-0.4, -0.2) is 32.9 Å². The average molecular weight is 356 g/mol. The number of fused-ring (bicyclic) bond motifs is 3. The third-order valence-electron chi connectivity index (χ3n) is 5.04. The van der Waals surface area contributed by atoms with Crippen LogP contribution in [0, 0.1) is 5.82 Å². The molecular formula is C19H15ClFN3O. The van der Waals surface area contributed by atoms with Crippen LogP contribution in [0.25, 0.3) is 22.2 Å². The van der Waals surface area contributed by atoms with Gasteiger partial charge in [-0.05, 0) is 43.2 Å². The molecule has 1 aliphatic heterocycles. The monoisotopic (exact) mass is 355 g/mol. The van der Waals surface area contributed by atoms with E-state index in [1.165, 1.54) is 6.07 Å². The molecule has 3 heterocycles. The number of aromatic nitrogens is 2. The van der Waals surface area contributed by atoms with Crippen molar-refractivity contribution < 1.29 is 9.18 Å². The van der Waals surface area contributed by atoms with E-state index in [1.54, 1.807) is 18.3 Å². The van der Waals surface area contributed by atoms with Gasteiger partial charge < -0.3 is 9.47 Å². The van der Waals surface area contributed by atoms with Crippen molar-refractivity contribution in [3.63, 3.8) is 0 Å². The zero-order valence-electron chi connectivity index (χ0n) is 13.4. The molecule has 0 N–H and O–H groups in total. The maximum atomic E-state index is 14.7. The number of amides is 1. The van der Waals surface area contributed by atoms with Crippen LogP contribution >= 0.6 is 11.6 Å². The van der Waals surface area contributed by atoms with Gasteiger partial charge in [-0.1, -0.05) is 11.6 Å². The first-order chi connectivity index (χ1) is 12.1. The van der Waals surface area contributed by atoms with Gasteiger partial charge in [0, 0.05) is 41.5 Å². The van der Waals surface area contributed by atoms with Crippen molar-refractivity contribution in [1.29, 1.82) is 0 Å². The molecule has 1 aliphatic carbocycles. The molecule has 2 aliphatic rings. The minimum Gasteiger partial charge on any atom is -0.333 e. The van der Waals surface area contributed by atoms with Gasteiger partial charge in [-0.2, -0.15) is 0 Å². The van der Waals surface area contributed by atoms with Crippen molar-refractivity contribution in [1.82, 2.24) is 14.5 Å². The van der Waals surface area contributed by atoms with E-state index in [1.807, 2.05) is 21.6 Å². The van der Waals surface area contributed by atoms with E-state index in [2.05, 4.69) is 4.98 Å². The van der Waals surface area contributed by atoms with Crippen LogP contribution < -0.4 is 0 Å². The number of benzene rings is 1. The minimum absolute atomic E-state index is 0.0314. The number of carbonyl (C=O) groups excluding carboxylic acids is 1. The number of halogens is 2. The van der Waals surface area contributed by atoms with Crippen molar-refractivity contribution in [2.75, 3.05) is 6.54 Å². The lowest BCUT2D eigenvalue weighted by molar-refractivity contribution is 0.0694. The average Bonchev–Trinajstić information content (AvgIpc) is 3.38. The molecular weight excluding hydrogens is 341 g/mol. The second kappa shape index (κ2) is 5.30. The zero-order chi connectivity index (χ0) is 17.1. The molecule has 1 amide bonds. The first kappa shape index (κ1) is 14.9. The Labute approximate surface area is 148 Å². The molecule has 4 nitrogen and oxygen atoms in total. The summed E-state index contributed by atoms with van der Waals surface area (Å²) in [5, 5.41) is 0.331. The van der Waals surface area contributed by atoms with Crippen molar-refractivity contribution in [3.8, 4) is 11.1 Å². The lowest BCUT2D eigenvalue weighted by atomic mass is 10.0. The molecule has 126 valence electrons. The summed E-state index contributed by atoms with van der Waals surface area (Å²) in [5.41, 5.74) is 3.00. The number of hydrogen-bond acceptors (Lipinski definition) is 2. The SMILES string of the molecule is O=C1c2c(-c3ccc(Cl)cc3F)c3ncccc3n2CCN1C1CC1. The predicted molar refractivity (Wildman–Crippen MR) is 94.2 cm³/mol. The van der Waals surface area contributed by atoms with Crippen LogP contribution in [0.1, 0.15) is 23.3 Å². The molecule has 3 aromatic rings. The van der Waals surface area contributed by atoms with Crippen LogP contribution in [0.15, 0.2) is 36.5 Å². The van der Waals surface area contributed by atoms with Gasteiger partial charge >= 0.3 is 0 Å². The molecule has 0 atom stereocenters. The molecule has 1 saturated carbocycles. The molecule has 0 radical (unpaired) electrons. The standard InChI is InChI=1S/C19H15ClFN3O/c20-11-3-6-13(14(21)10-11)16-17-15(2-1-7-22-17)24-9-8-23(12-4-5-12)19(25)18(16)24/h1-3,6-7,10,12H,4-5,8-9H2. The summed E-state index contributed by atoms with van der Waals surface area (Å²) >= 11 is 5.91. The van der Waals surface area contributed by atoms with E-state index >= 15 is 0 Å². The smallest absolute Gasteiger partial charge is 0.271 e. The van der Waals surface area contributed by atoms with Crippen LogP contribution in [0.2, 0.25) is 5.02 Å². The molecule has 5 rings (SSSR count). The molecule has 0 bridgehead atoms. The largest absolute Gasteiger partial charge is 0.333 e. The maximum Gasteiger partial charge on any atom is 0.271 e. The number of pyridine rings is 1. The Bertz CT molecular complexity index is 1020. The normalized spacial score (nSPS) is 17.2. The fourth-order valence-electron chi connectivity index (χ4n) is 3.76. The third kappa shape index (κ3) is 2.19. The zero-order valence-corrected chi connectivity index (χ0v) is 14.1. The molecule has 2 aromatic heterocycles. The molecule has 0 unspecified atom stereocenters. The fraction of sp³-hybridized carbons (Fsp3) is 0.263. The predicted octanol–water partition coefficient (Wildman–Crippen LogP) is 4.11. The van der Waals surface area contributed by atoms with Crippen molar-refractivity contribution in [3.05, 3.63) is 53.1 Å². The lowest BCUT2D eigenvalue weighted by Crippen LogP contribution is -2.41. The van der Waals surface area contributed by atoms with Gasteiger partial charge in [-0.25, -0.2) is 4.39 Å². The summed E-state index contributed by atoms with van der Waals surface area (Å²) in [6.45, 7) is 1.40. The second-order valence-electron chi connectivity index (χ2n) is 6.60. The third-order valence-corrected chi connectivity index (χ3v) is 5.27. The van der Waals surface area contributed by atoms with Crippen LogP contribution in [0.3, 0.4) is 0 Å². The summed E-state index contributed by atoms with van der Waals surface area (Å²) in [7, 11) is 0. The van der Waals surface area contributed by atoms with Gasteiger partial charge in [0.25, 0.3) is 5.91 Å².